The van der Waals surface area contributed by atoms with E-state index in [1.165, 1.54) is 0 Å². The minimum atomic E-state index is -0.722. The predicted molar refractivity (Wildman–Crippen MR) is 45.1 cm³/mol. The van der Waals surface area contributed by atoms with Gasteiger partial charge in [-0.05, 0) is 20.0 Å². The van der Waals surface area contributed by atoms with Crippen LogP contribution in [0.3, 0.4) is 0 Å². The monoisotopic (exact) mass is 133 g/mol. The SMILES string of the molecule is CNCCCC(=O)O.[LiH].[LiH]. The van der Waals surface area contributed by atoms with Gasteiger partial charge in [-0.25, -0.2) is 0 Å². The molecular formula is C5H13Li2NO2. The van der Waals surface area contributed by atoms with Crippen molar-refractivity contribution in [2.75, 3.05) is 13.6 Å². The number of hydrogen-bond acceptors (Lipinski definition) is 2. The molecule has 0 aromatic rings. The zero-order chi connectivity index (χ0) is 6.41. The Morgan fingerprint density at radius 2 is 2.00 bits per heavy atom. The van der Waals surface area contributed by atoms with Gasteiger partial charge >= 0.3 is 43.7 Å². The van der Waals surface area contributed by atoms with Crippen LogP contribution >= 0.6 is 0 Å². The molecule has 0 aliphatic rings. The summed E-state index contributed by atoms with van der Waals surface area (Å²) in [5, 5.41) is 11.0. The molecule has 3 nitrogen and oxygen atoms in total. The van der Waals surface area contributed by atoms with Crippen LogP contribution in [0, 0.1) is 0 Å². The summed E-state index contributed by atoms with van der Waals surface area (Å²) in [4.78, 5) is 9.85. The Hall–Kier alpha value is 0.625. The summed E-state index contributed by atoms with van der Waals surface area (Å²) in [7, 11) is 1.81. The van der Waals surface area contributed by atoms with Crippen LogP contribution in [-0.2, 0) is 4.79 Å². The van der Waals surface area contributed by atoms with Crippen LogP contribution in [0.25, 0.3) is 0 Å². The molecule has 0 saturated heterocycles. The van der Waals surface area contributed by atoms with Gasteiger partial charge in [-0.15, -0.1) is 0 Å². The van der Waals surface area contributed by atoms with E-state index in [1.54, 1.807) is 0 Å². The number of carboxylic acids is 1. The van der Waals surface area contributed by atoms with Crippen molar-refractivity contribution in [1.29, 1.82) is 0 Å². The second-order valence-electron chi connectivity index (χ2n) is 1.60. The molecule has 0 heterocycles. The van der Waals surface area contributed by atoms with Crippen LogP contribution in [0.15, 0.2) is 0 Å². The molecule has 0 unspecified atom stereocenters. The predicted octanol–water partition coefficient (Wildman–Crippen LogP) is -1.23. The molecule has 0 aromatic carbocycles. The Morgan fingerprint density at radius 1 is 1.50 bits per heavy atom. The first kappa shape index (κ1) is 16.9. The molecule has 0 aliphatic carbocycles. The molecule has 52 valence electrons. The summed E-state index contributed by atoms with van der Waals surface area (Å²) < 4.78 is 0. The molecule has 0 radical (unpaired) electrons. The fraction of sp³-hybridized carbons (Fsp3) is 0.800. The summed E-state index contributed by atoms with van der Waals surface area (Å²) in [5.74, 6) is -0.722. The van der Waals surface area contributed by atoms with E-state index < -0.39 is 5.97 Å². The van der Waals surface area contributed by atoms with Crippen LogP contribution in [-0.4, -0.2) is 62.4 Å². The number of hydrogen-bond donors (Lipinski definition) is 2. The van der Waals surface area contributed by atoms with Crippen LogP contribution in [0.4, 0.5) is 0 Å². The van der Waals surface area contributed by atoms with Gasteiger partial charge in [-0.1, -0.05) is 0 Å². The number of nitrogens with one attached hydrogen (secondary N) is 1. The van der Waals surface area contributed by atoms with E-state index in [-0.39, 0.29) is 44.1 Å². The van der Waals surface area contributed by atoms with Gasteiger partial charge in [-0.3, -0.25) is 4.79 Å². The van der Waals surface area contributed by atoms with Crippen molar-refractivity contribution in [2.45, 2.75) is 12.8 Å². The maximum atomic E-state index is 9.85. The first-order chi connectivity index (χ1) is 3.77. The fourth-order valence-corrected chi connectivity index (χ4v) is 0.416. The molecular weight excluding hydrogens is 120 g/mol. The Bertz CT molecular complexity index is 80.0. The Balaban J connectivity index is -0.000000245. The molecule has 2 N–H and O–H groups in total. The number of aliphatic carboxylic acids is 1. The summed E-state index contributed by atoms with van der Waals surface area (Å²) in [6.45, 7) is 0.784. The second-order valence-corrected chi connectivity index (χ2v) is 1.60. The first-order valence-corrected chi connectivity index (χ1v) is 2.63. The molecule has 0 amide bonds. The molecule has 0 rings (SSSR count). The van der Waals surface area contributed by atoms with E-state index in [9.17, 15) is 4.79 Å². The van der Waals surface area contributed by atoms with Crippen molar-refractivity contribution in [3.8, 4) is 0 Å². The van der Waals surface area contributed by atoms with Gasteiger partial charge in [0.25, 0.3) is 0 Å². The van der Waals surface area contributed by atoms with E-state index in [2.05, 4.69) is 5.32 Å². The summed E-state index contributed by atoms with van der Waals surface area (Å²) >= 11 is 0. The third kappa shape index (κ3) is 15.8. The van der Waals surface area contributed by atoms with Gasteiger partial charge in [0.05, 0.1) is 0 Å². The van der Waals surface area contributed by atoms with Gasteiger partial charge in [0, 0.05) is 6.42 Å². The number of carboxylic acid groups (broad SMARTS) is 1. The topological polar surface area (TPSA) is 49.3 Å². The molecule has 0 atom stereocenters. The van der Waals surface area contributed by atoms with Crippen LogP contribution < -0.4 is 5.32 Å². The zero-order valence-corrected chi connectivity index (χ0v) is 4.98. The summed E-state index contributed by atoms with van der Waals surface area (Å²) in [6.07, 6.45) is 0.979. The summed E-state index contributed by atoms with van der Waals surface area (Å²) in [6, 6.07) is 0. The average Bonchev–Trinajstić information content (AvgIpc) is 1.66. The second kappa shape index (κ2) is 12.3. The average molecular weight is 133 g/mol. The molecule has 0 fully saturated rings. The van der Waals surface area contributed by atoms with E-state index in [1.807, 2.05) is 7.05 Å². The zero-order valence-electron chi connectivity index (χ0n) is 4.98. The standard InChI is InChI=1S/C5H11NO2.2Li.2H/c1-6-4-2-3-5(7)8;;;;/h6H,2-4H2,1H3,(H,7,8);;;;. The maximum absolute atomic E-state index is 9.85. The summed E-state index contributed by atoms with van der Waals surface area (Å²) in [5.41, 5.74) is 0. The van der Waals surface area contributed by atoms with E-state index in [4.69, 9.17) is 5.11 Å². The Labute approximate surface area is 85.3 Å². The molecule has 10 heavy (non-hydrogen) atoms. The first-order valence-electron chi connectivity index (χ1n) is 2.63. The van der Waals surface area contributed by atoms with E-state index >= 15 is 0 Å². The molecule has 0 spiro atoms. The molecule has 5 heteroatoms. The molecule has 0 aliphatic heterocycles. The molecule has 0 saturated carbocycles. The quantitative estimate of drug-likeness (QED) is 0.373. The minimum absolute atomic E-state index is 0. The van der Waals surface area contributed by atoms with Gasteiger partial charge in [0.1, 0.15) is 0 Å². The van der Waals surface area contributed by atoms with Gasteiger partial charge < -0.3 is 10.4 Å². The number of carbonyl (C=O) groups is 1. The van der Waals surface area contributed by atoms with Crippen LogP contribution in [0.2, 0.25) is 0 Å². The van der Waals surface area contributed by atoms with Crippen molar-refractivity contribution in [3.63, 3.8) is 0 Å². The van der Waals surface area contributed by atoms with Gasteiger partial charge in [0.15, 0.2) is 0 Å². The van der Waals surface area contributed by atoms with Gasteiger partial charge in [-0.2, -0.15) is 0 Å². The van der Waals surface area contributed by atoms with Crippen molar-refractivity contribution < 1.29 is 9.90 Å². The molecule has 0 aromatic heterocycles. The fourth-order valence-electron chi connectivity index (χ4n) is 0.416. The third-order valence-electron chi connectivity index (χ3n) is 0.817. The van der Waals surface area contributed by atoms with Crippen molar-refractivity contribution in [2.24, 2.45) is 0 Å². The van der Waals surface area contributed by atoms with Crippen molar-refractivity contribution in [3.05, 3.63) is 0 Å². The van der Waals surface area contributed by atoms with Crippen molar-refractivity contribution >= 4 is 43.7 Å². The van der Waals surface area contributed by atoms with Crippen LogP contribution in [0.5, 0.6) is 0 Å². The number of rotatable bonds is 4. The normalized spacial score (nSPS) is 7.30. The van der Waals surface area contributed by atoms with Crippen molar-refractivity contribution in [1.82, 2.24) is 5.32 Å². The van der Waals surface area contributed by atoms with Crippen LogP contribution in [0.1, 0.15) is 12.8 Å². The van der Waals surface area contributed by atoms with Gasteiger partial charge in [0.2, 0.25) is 0 Å². The molecule has 0 bridgehead atoms. The Kier molecular flexibility index (Phi) is 20.8. The third-order valence-corrected chi connectivity index (χ3v) is 0.817. The van der Waals surface area contributed by atoms with E-state index in [0.717, 1.165) is 6.54 Å². The Morgan fingerprint density at radius 3 is 2.30 bits per heavy atom. The van der Waals surface area contributed by atoms with E-state index in [0.29, 0.717) is 6.42 Å².